The van der Waals surface area contributed by atoms with Gasteiger partial charge in [-0.05, 0) is 18.6 Å². The quantitative estimate of drug-likeness (QED) is 0.618. The third kappa shape index (κ3) is 1.25. The van der Waals surface area contributed by atoms with Crippen molar-refractivity contribution in [3.05, 3.63) is 24.0 Å². The van der Waals surface area contributed by atoms with E-state index < -0.39 is 0 Å². The van der Waals surface area contributed by atoms with Gasteiger partial charge >= 0.3 is 0 Å². The average Bonchev–Trinajstić information content (AvgIpc) is 2.06. The van der Waals surface area contributed by atoms with E-state index in [4.69, 9.17) is 4.74 Å². The van der Waals surface area contributed by atoms with Crippen LogP contribution in [0.15, 0.2) is 18.3 Å². The van der Waals surface area contributed by atoms with E-state index in [1.165, 1.54) is 0 Å². The Balaban J connectivity index is 2.44. The number of rotatable bonds is 0. The van der Waals surface area contributed by atoms with Gasteiger partial charge in [-0.1, -0.05) is 15.9 Å². The van der Waals surface area contributed by atoms with Crippen LogP contribution in [0.25, 0.3) is 0 Å². The summed E-state index contributed by atoms with van der Waals surface area (Å²) in [5, 5.41) is 0. The Morgan fingerprint density at radius 2 is 2.55 bits per heavy atom. The fourth-order valence-corrected chi connectivity index (χ4v) is 1.70. The highest BCUT2D eigenvalue weighted by atomic mass is 79.9. The molecule has 1 aliphatic rings. The molecule has 58 valence electrons. The van der Waals surface area contributed by atoms with Gasteiger partial charge in [0.05, 0.1) is 17.1 Å². The van der Waals surface area contributed by atoms with Crippen LogP contribution < -0.4 is 4.74 Å². The number of alkyl halides is 1. The zero-order valence-electron chi connectivity index (χ0n) is 5.96. The van der Waals surface area contributed by atoms with E-state index >= 15 is 0 Å². The summed E-state index contributed by atoms with van der Waals surface area (Å²) in [5.74, 6) is 0.917. The molecule has 0 fully saturated rings. The van der Waals surface area contributed by atoms with Crippen LogP contribution in [0.3, 0.4) is 0 Å². The van der Waals surface area contributed by atoms with Gasteiger partial charge in [0.15, 0.2) is 0 Å². The molecule has 1 atom stereocenters. The first kappa shape index (κ1) is 7.10. The Kier molecular flexibility index (Phi) is 1.82. The molecule has 0 bridgehead atoms. The van der Waals surface area contributed by atoms with Crippen molar-refractivity contribution in [2.45, 2.75) is 11.2 Å². The molecule has 0 spiro atoms. The number of halogens is 1. The van der Waals surface area contributed by atoms with E-state index in [0.717, 1.165) is 24.5 Å². The van der Waals surface area contributed by atoms with Crippen LogP contribution in [0, 0.1) is 0 Å². The minimum Gasteiger partial charge on any atom is -0.492 e. The summed E-state index contributed by atoms with van der Waals surface area (Å²) in [4.78, 5) is 4.60. The molecule has 3 heteroatoms. The van der Waals surface area contributed by atoms with E-state index in [-0.39, 0.29) is 0 Å². The highest BCUT2D eigenvalue weighted by molar-refractivity contribution is 9.09. The van der Waals surface area contributed by atoms with Gasteiger partial charge in [-0.3, -0.25) is 4.98 Å². The summed E-state index contributed by atoms with van der Waals surface area (Å²) in [6, 6.07) is 3.85. The topological polar surface area (TPSA) is 22.1 Å². The van der Waals surface area contributed by atoms with Crippen molar-refractivity contribution in [2.24, 2.45) is 0 Å². The monoisotopic (exact) mass is 213 g/mol. The molecule has 0 aliphatic carbocycles. The number of aromatic nitrogens is 1. The first-order valence-electron chi connectivity index (χ1n) is 3.60. The van der Waals surface area contributed by atoms with Crippen LogP contribution in [0.5, 0.6) is 5.75 Å². The summed E-state index contributed by atoms with van der Waals surface area (Å²) in [6.45, 7) is 0.786. The predicted molar refractivity (Wildman–Crippen MR) is 46.0 cm³/mol. The molecule has 1 aromatic heterocycles. The highest BCUT2D eigenvalue weighted by Gasteiger charge is 2.18. The van der Waals surface area contributed by atoms with Crippen molar-refractivity contribution in [3.8, 4) is 5.75 Å². The Bertz CT molecular complexity index is 264. The van der Waals surface area contributed by atoms with E-state index in [1.54, 1.807) is 6.20 Å². The second-order valence-corrected chi connectivity index (χ2v) is 3.60. The molecular formula is C8H8BrNO. The number of hydrogen-bond acceptors (Lipinski definition) is 2. The molecule has 0 radical (unpaired) electrons. The van der Waals surface area contributed by atoms with Gasteiger partial charge < -0.3 is 4.74 Å². The molecule has 11 heavy (non-hydrogen) atoms. The summed E-state index contributed by atoms with van der Waals surface area (Å²) in [5.41, 5.74) is 1.03. The maximum absolute atomic E-state index is 5.40. The SMILES string of the molecule is BrC1CCOc2cccnc21. The molecule has 1 unspecified atom stereocenters. The maximum Gasteiger partial charge on any atom is 0.141 e. The minimum absolute atomic E-state index is 0.368. The third-order valence-electron chi connectivity index (χ3n) is 1.73. The number of fused-ring (bicyclic) bond motifs is 1. The van der Waals surface area contributed by atoms with Crippen LogP contribution in [0.4, 0.5) is 0 Å². The van der Waals surface area contributed by atoms with E-state index in [0.29, 0.717) is 4.83 Å². The van der Waals surface area contributed by atoms with Gasteiger partial charge in [0.2, 0.25) is 0 Å². The van der Waals surface area contributed by atoms with Crippen molar-refractivity contribution in [1.29, 1.82) is 0 Å². The van der Waals surface area contributed by atoms with Crippen LogP contribution >= 0.6 is 15.9 Å². The first-order chi connectivity index (χ1) is 5.38. The van der Waals surface area contributed by atoms with Crippen molar-refractivity contribution >= 4 is 15.9 Å². The normalized spacial score (nSPS) is 22.1. The molecule has 0 saturated carbocycles. The molecule has 0 N–H and O–H groups in total. The molecule has 2 heterocycles. The summed E-state index contributed by atoms with van der Waals surface area (Å²) < 4.78 is 5.40. The lowest BCUT2D eigenvalue weighted by atomic mass is 10.2. The molecular weight excluding hydrogens is 206 g/mol. The lowest BCUT2D eigenvalue weighted by Gasteiger charge is -2.19. The van der Waals surface area contributed by atoms with Crippen molar-refractivity contribution in [1.82, 2.24) is 4.98 Å². The summed E-state index contributed by atoms with van der Waals surface area (Å²) in [7, 11) is 0. The van der Waals surface area contributed by atoms with Gasteiger partial charge in [-0.15, -0.1) is 0 Å². The summed E-state index contributed by atoms with van der Waals surface area (Å²) in [6.07, 6.45) is 2.80. The Morgan fingerprint density at radius 1 is 1.64 bits per heavy atom. The smallest absolute Gasteiger partial charge is 0.141 e. The van der Waals surface area contributed by atoms with E-state index in [2.05, 4.69) is 20.9 Å². The molecule has 0 saturated heterocycles. The number of nitrogens with zero attached hydrogens (tertiary/aromatic N) is 1. The lowest BCUT2D eigenvalue weighted by molar-refractivity contribution is 0.284. The summed E-state index contributed by atoms with van der Waals surface area (Å²) >= 11 is 3.54. The van der Waals surface area contributed by atoms with Crippen LogP contribution in [0.1, 0.15) is 16.9 Å². The van der Waals surface area contributed by atoms with Crippen LogP contribution in [0.2, 0.25) is 0 Å². The van der Waals surface area contributed by atoms with E-state index in [9.17, 15) is 0 Å². The molecule has 1 aromatic rings. The highest BCUT2D eigenvalue weighted by Crippen LogP contribution is 2.35. The zero-order valence-corrected chi connectivity index (χ0v) is 7.54. The van der Waals surface area contributed by atoms with Crippen LogP contribution in [-0.4, -0.2) is 11.6 Å². The second kappa shape index (κ2) is 2.81. The van der Waals surface area contributed by atoms with Gasteiger partial charge in [0.25, 0.3) is 0 Å². The first-order valence-corrected chi connectivity index (χ1v) is 4.51. The largest absolute Gasteiger partial charge is 0.492 e. The predicted octanol–water partition coefficient (Wildman–Crippen LogP) is 2.30. The maximum atomic E-state index is 5.40. The van der Waals surface area contributed by atoms with Gasteiger partial charge in [-0.2, -0.15) is 0 Å². The van der Waals surface area contributed by atoms with Crippen molar-refractivity contribution < 1.29 is 4.74 Å². The Labute approximate surface area is 73.7 Å². The minimum atomic E-state index is 0.368. The van der Waals surface area contributed by atoms with Gasteiger partial charge in [-0.25, -0.2) is 0 Å². The molecule has 1 aliphatic heterocycles. The number of pyridine rings is 1. The third-order valence-corrected chi connectivity index (χ3v) is 2.62. The lowest BCUT2D eigenvalue weighted by Crippen LogP contribution is -2.11. The Hall–Kier alpha value is -0.570. The number of hydrogen-bond donors (Lipinski definition) is 0. The average molecular weight is 214 g/mol. The van der Waals surface area contributed by atoms with Gasteiger partial charge in [0, 0.05) is 6.20 Å². The van der Waals surface area contributed by atoms with Crippen molar-refractivity contribution in [2.75, 3.05) is 6.61 Å². The fourth-order valence-electron chi connectivity index (χ4n) is 1.17. The zero-order chi connectivity index (χ0) is 7.68. The van der Waals surface area contributed by atoms with Gasteiger partial charge in [0.1, 0.15) is 5.75 Å². The van der Waals surface area contributed by atoms with Crippen LogP contribution in [-0.2, 0) is 0 Å². The molecule has 2 nitrogen and oxygen atoms in total. The Morgan fingerprint density at radius 3 is 3.36 bits per heavy atom. The van der Waals surface area contributed by atoms with E-state index in [1.807, 2.05) is 12.1 Å². The molecule has 2 rings (SSSR count). The van der Waals surface area contributed by atoms with Crippen molar-refractivity contribution in [3.63, 3.8) is 0 Å². The number of ether oxygens (including phenoxy) is 1. The molecule has 0 amide bonds. The molecule has 0 aromatic carbocycles. The fraction of sp³-hybridized carbons (Fsp3) is 0.375. The second-order valence-electron chi connectivity index (χ2n) is 2.49. The standard InChI is InChI=1S/C8H8BrNO/c9-6-3-5-11-7-2-1-4-10-8(6)7/h1-2,4,6H,3,5H2.